The molecule has 0 aliphatic rings. The van der Waals surface area contributed by atoms with E-state index >= 15 is 0 Å². The summed E-state index contributed by atoms with van der Waals surface area (Å²) < 4.78 is 26.7. The molecule has 110 valence electrons. The Morgan fingerprint density at radius 1 is 1.19 bits per heavy atom. The average Bonchev–Trinajstić information content (AvgIpc) is 2.40. The van der Waals surface area contributed by atoms with Crippen LogP contribution in [0.15, 0.2) is 47.4 Å². The van der Waals surface area contributed by atoms with Crippen molar-refractivity contribution in [2.24, 2.45) is 0 Å². The standard InChI is InChI=1S/C13H12N2O5S/c1-9-4-2-3-5-13(9)21(19,20)14-10-6-7-12(16)11(8-10)15(17)18/h2-8,14,16H,1H3. The van der Waals surface area contributed by atoms with Gasteiger partial charge < -0.3 is 5.11 Å². The molecule has 0 spiro atoms. The third-order valence-corrected chi connectivity index (χ3v) is 4.35. The van der Waals surface area contributed by atoms with Crippen molar-refractivity contribution in [1.29, 1.82) is 0 Å². The van der Waals surface area contributed by atoms with Crippen LogP contribution >= 0.6 is 0 Å². The maximum atomic E-state index is 12.2. The molecular formula is C13H12N2O5S. The number of aromatic hydroxyl groups is 1. The van der Waals surface area contributed by atoms with Gasteiger partial charge in [-0.2, -0.15) is 0 Å². The number of nitrogens with zero attached hydrogens (tertiary/aromatic N) is 1. The zero-order chi connectivity index (χ0) is 15.6. The van der Waals surface area contributed by atoms with E-state index in [0.29, 0.717) is 5.56 Å². The van der Waals surface area contributed by atoms with Gasteiger partial charge in [-0.25, -0.2) is 8.42 Å². The largest absolute Gasteiger partial charge is 0.502 e. The number of aryl methyl sites for hydroxylation is 1. The summed E-state index contributed by atoms with van der Waals surface area (Å²) in [6, 6.07) is 9.65. The van der Waals surface area contributed by atoms with Crippen LogP contribution < -0.4 is 4.72 Å². The number of hydrogen-bond donors (Lipinski definition) is 2. The van der Waals surface area contributed by atoms with Gasteiger partial charge in [0.05, 0.1) is 15.5 Å². The number of sulfonamides is 1. The van der Waals surface area contributed by atoms with Gasteiger partial charge in [-0.15, -0.1) is 0 Å². The summed E-state index contributed by atoms with van der Waals surface area (Å²) in [7, 11) is -3.85. The van der Waals surface area contributed by atoms with Crippen molar-refractivity contribution < 1.29 is 18.4 Å². The fourth-order valence-corrected chi connectivity index (χ4v) is 3.10. The molecular weight excluding hydrogens is 296 g/mol. The molecule has 2 aromatic carbocycles. The Hall–Kier alpha value is -2.61. The van der Waals surface area contributed by atoms with E-state index in [0.717, 1.165) is 12.1 Å². The topological polar surface area (TPSA) is 110 Å². The maximum absolute atomic E-state index is 12.2. The molecule has 0 heterocycles. The second kappa shape index (κ2) is 5.41. The number of nitrogens with one attached hydrogen (secondary N) is 1. The number of hydrogen-bond acceptors (Lipinski definition) is 5. The summed E-state index contributed by atoms with van der Waals surface area (Å²) in [6.45, 7) is 1.65. The van der Waals surface area contributed by atoms with Gasteiger partial charge in [0, 0.05) is 6.07 Å². The van der Waals surface area contributed by atoms with E-state index in [4.69, 9.17) is 0 Å². The minimum absolute atomic E-state index is 0.00255. The normalized spacial score (nSPS) is 11.1. The number of rotatable bonds is 4. The van der Waals surface area contributed by atoms with Crippen molar-refractivity contribution in [3.05, 3.63) is 58.1 Å². The first-order valence-corrected chi connectivity index (χ1v) is 7.35. The Morgan fingerprint density at radius 2 is 1.86 bits per heavy atom. The Morgan fingerprint density at radius 3 is 2.48 bits per heavy atom. The molecule has 8 heteroatoms. The summed E-state index contributed by atoms with van der Waals surface area (Å²) in [5.74, 6) is -0.529. The summed E-state index contributed by atoms with van der Waals surface area (Å²) >= 11 is 0. The molecule has 2 rings (SSSR count). The fraction of sp³-hybridized carbons (Fsp3) is 0.0769. The maximum Gasteiger partial charge on any atom is 0.312 e. The van der Waals surface area contributed by atoms with Gasteiger partial charge in [-0.05, 0) is 30.7 Å². The van der Waals surface area contributed by atoms with E-state index in [1.54, 1.807) is 25.1 Å². The monoisotopic (exact) mass is 308 g/mol. The molecule has 0 saturated heterocycles. The highest BCUT2D eigenvalue weighted by molar-refractivity contribution is 7.92. The lowest BCUT2D eigenvalue weighted by molar-refractivity contribution is -0.385. The highest BCUT2D eigenvalue weighted by Gasteiger charge is 2.19. The fourth-order valence-electron chi connectivity index (χ4n) is 1.80. The minimum atomic E-state index is -3.85. The zero-order valence-corrected chi connectivity index (χ0v) is 11.8. The average molecular weight is 308 g/mol. The molecule has 0 atom stereocenters. The van der Waals surface area contributed by atoms with Crippen LogP contribution in [0.4, 0.5) is 11.4 Å². The molecule has 0 saturated carbocycles. The number of benzene rings is 2. The van der Waals surface area contributed by atoms with E-state index in [9.17, 15) is 23.6 Å². The first-order valence-electron chi connectivity index (χ1n) is 5.87. The summed E-state index contributed by atoms with van der Waals surface area (Å²) in [6.07, 6.45) is 0. The van der Waals surface area contributed by atoms with Crippen LogP contribution in [0.2, 0.25) is 0 Å². The van der Waals surface area contributed by atoms with Gasteiger partial charge in [-0.3, -0.25) is 14.8 Å². The Balaban J connectivity index is 2.40. The molecule has 2 aromatic rings. The number of phenols is 1. The van der Waals surface area contributed by atoms with Crippen molar-refractivity contribution in [1.82, 2.24) is 0 Å². The van der Waals surface area contributed by atoms with E-state index in [2.05, 4.69) is 4.72 Å². The van der Waals surface area contributed by atoms with Crippen molar-refractivity contribution in [3.8, 4) is 5.75 Å². The first kappa shape index (κ1) is 14.8. The minimum Gasteiger partial charge on any atom is -0.502 e. The molecule has 0 amide bonds. The Bertz CT molecular complexity index is 802. The molecule has 7 nitrogen and oxygen atoms in total. The van der Waals surface area contributed by atoms with Crippen LogP contribution in [-0.2, 0) is 10.0 Å². The number of nitro benzene ring substituents is 1. The zero-order valence-electron chi connectivity index (χ0n) is 11.0. The SMILES string of the molecule is Cc1ccccc1S(=O)(=O)Nc1ccc(O)c([N+](=O)[O-])c1. The highest BCUT2D eigenvalue weighted by atomic mass is 32.2. The van der Waals surface area contributed by atoms with E-state index in [1.807, 2.05) is 0 Å². The van der Waals surface area contributed by atoms with Crippen LogP contribution in [0.3, 0.4) is 0 Å². The summed E-state index contributed by atoms with van der Waals surface area (Å²) in [5.41, 5.74) is -0.0129. The molecule has 0 aliphatic heterocycles. The van der Waals surface area contributed by atoms with Crippen molar-refractivity contribution >= 4 is 21.4 Å². The van der Waals surface area contributed by atoms with Crippen LogP contribution in [0, 0.1) is 17.0 Å². The third kappa shape index (κ3) is 3.11. The summed E-state index contributed by atoms with van der Waals surface area (Å²) in [4.78, 5) is 10.0. The molecule has 21 heavy (non-hydrogen) atoms. The van der Waals surface area contributed by atoms with E-state index in [1.165, 1.54) is 12.1 Å². The predicted octanol–water partition coefficient (Wildman–Crippen LogP) is 2.41. The van der Waals surface area contributed by atoms with Crippen molar-refractivity contribution in [2.75, 3.05) is 4.72 Å². The second-order valence-electron chi connectivity index (χ2n) is 4.33. The Labute approximate surface area is 121 Å². The van der Waals surface area contributed by atoms with Crippen LogP contribution in [0.5, 0.6) is 5.75 Å². The van der Waals surface area contributed by atoms with Crippen LogP contribution in [-0.4, -0.2) is 18.4 Å². The van der Waals surface area contributed by atoms with Gasteiger partial charge in [-0.1, -0.05) is 18.2 Å². The molecule has 0 aliphatic carbocycles. The third-order valence-electron chi connectivity index (χ3n) is 2.81. The highest BCUT2D eigenvalue weighted by Crippen LogP contribution is 2.29. The lowest BCUT2D eigenvalue weighted by atomic mass is 10.2. The lowest BCUT2D eigenvalue weighted by Crippen LogP contribution is -2.14. The summed E-state index contributed by atoms with van der Waals surface area (Å²) in [5, 5.41) is 20.1. The van der Waals surface area contributed by atoms with E-state index in [-0.39, 0.29) is 10.6 Å². The van der Waals surface area contributed by atoms with Gasteiger partial charge in [0.25, 0.3) is 10.0 Å². The van der Waals surface area contributed by atoms with Gasteiger partial charge in [0.15, 0.2) is 5.75 Å². The second-order valence-corrected chi connectivity index (χ2v) is 5.98. The molecule has 0 fully saturated rings. The van der Waals surface area contributed by atoms with Gasteiger partial charge >= 0.3 is 5.69 Å². The van der Waals surface area contributed by atoms with Crippen LogP contribution in [0.25, 0.3) is 0 Å². The first-order chi connectivity index (χ1) is 9.81. The molecule has 2 N–H and O–H groups in total. The van der Waals surface area contributed by atoms with Crippen LogP contribution in [0.1, 0.15) is 5.56 Å². The number of anilines is 1. The molecule has 0 bridgehead atoms. The molecule has 0 unspecified atom stereocenters. The van der Waals surface area contributed by atoms with E-state index < -0.39 is 26.4 Å². The van der Waals surface area contributed by atoms with Gasteiger partial charge in [0.1, 0.15) is 0 Å². The Kier molecular flexibility index (Phi) is 3.81. The van der Waals surface area contributed by atoms with Gasteiger partial charge in [0.2, 0.25) is 0 Å². The molecule has 0 radical (unpaired) electrons. The van der Waals surface area contributed by atoms with Crippen molar-refractivity contribution in [2.45, 2.75) is 11.8 Å². The van der Waals surface area contributed by atoms with Crippen molar-refractivity contribution in [3.63, 3.8) is 0 Å². The number of nitro groups is 1. The molecule has 0 aromatic heterocycles. The predicted molar refractivity (Wildman–Crippen MR) is 76.7 cm³/mol. The quantitative estimate of drug-likeness (QED) is 0.512. The smallest absolute Gasteiger partial charge is 0.312 e. The lowest BCUT2D eigenvalue weighted by Gasteiger charge is -2.10. The number of phenolic OH excluding ortho intramolecular Hbond substituents is 1.